The van der Waals surface area contributed by atoms with E-state index in [2.05, 4.69) is 10.6 Å². The van der Waals surface area contributed by atoms with Crippen LogP contribution in [0.5, 0.6) is 0 Å². The second-order valence-corrected chi connectivity index (χ2v) is 6.71. The maximum atomic E-state index is 11.9. The van der Waals surface area contributed by atoms with Gasteiger partial charge in [-0.15, -0.1) is 0 Å². The van der Waals surface area contributed by atoms with E-state index in [4.69, 9.17) is 5.11 Å². The molecule has 0 aliphatic heterocycles. The second-order valence-electron chi connectivity index (χ2n) is 6.71. The number of rotatable bonds is 7. The minimum absolute atomic E-state index is 0.152. The fourth-order valence-corrected chi connectivity index (χ4v) is 3.07. The molecule has 1 aliphatic rings. The number of hydrogen-bond acceptors (Lipinski definition) is 2. The zero-order valence-corrected chi connectivity index (χ0v) is 13.5. The van der Waals surface area contributed by atoms with Crippen LogP contribution in [0.25, 0.3) is 0 Å². The molecule has 21 heavy (non-hydrogen) atoms. The first kappa shape index (κ1) is 17.8. The molecule has 0 saturated heterocycles. The molecule has 0 aromatic heterocycles. The fraction of sp³-hybridized carbons (Fsp3) is 0.875. The summed E-state index contributed by atoms with van der Waals surface area (Å²) < 4.78 is 0. The fourth-order valence-electron chi connectivity index (χ4n) is 3.07. The number of aliphatic carboxylic acids is 1. The number of nitrogens with one attached hydrogen (secondary N) is 2. The quantitative estimate of drug-likeness (QED) is 0.676. The predicted octanol–water partition coefficient (Wildman–Crippen LogP) is 3.00. The van der Waals surface area contributed by atoms with Crippen molar-refractivity contribution in [3.05, 3.63) is 0 Å². The van der Waals surface area contributed by atoms with Gasteiger partial charge in [0.2, 0.25) is 0 Å². The Morgan fingerprint density at radius 1 is 1.14 bits per heavy atom. The van der Waals surface area contributed by atoms with Crippen LogP contribution in [0.15, 0.2) is 0 Å². The number of carbonyl (C=O) groups excluding carboxylic acids is 1. The summed E-state index contributed by atoms with van der Waals surface area (Å²) in [6, 6.07) is -0.0956. The topological polar surface area (TPSA) is 78.4 Å². The zero-order chi connectivity index (χ0) is 15.8. The van der Waals surface area contributed by atoms with Crippen LogP contribution in [0.4, 0.5) is 4.79 Å². The Kier molecular flexibility index (Phi) is 7.54. The Morgan fingerprint density at radius 2 is 1.76 bits per heavy atom. The molecule has 0 bridgehead atoms. The van der Waals surface area contributed by atoms with Crippen molar-refractivity contribution in [2.75, 3.05) is 6.54 Å². The van der Waals surface area contributed by atoms with E-state index in [1.54, 1.807) is 0 Å². The summed E-state index contributed by atoms with van der Waals surface area (Å²) in [5.74, 6) is -0.502. The molecule has 1 fully saturated rings. The first-order chi connectivity index (χ1) is 9.90. The molecule has 2 amide bonds. The lowest BCUT2D eigenvalue weighted by atomic mass is 9.85. The Hall–Kier alpha value is -1.26. The van der Waals surface area contributed by atoms with Gasteiger partial charge in [0.15, 0.2) is 0 Å². The molecule has 1 saturated carbocycles. The van der Waals surface area contributed by atoms with Crippen molar-refractivity contribution in [1.82, 2.24) is 10.6 Å². The average Bonchev–Trinajstić information content (AvgIpc) is 2.43. The van der Waals surface area contributed by atoms with E-state index in [0.29, 0.717) is 18.3 Å². The van der Waals surface area contributed by atoms with E-state index >= 15 is 0 Å². The minimum atomic E-state index is -0.843. The standard InChI is InChI=1S/C16H30N2O3/c1-11(2)9-14(15(19)20)10-17-16(21)18-12(3)13-7-5-4-6-8-13/h11-14H,4-10H2,1-3H3,(H,19,20)(H2,17,18,21). The molecule has 1 aliphatic carbocycles. The number of carboxylic acids is 1. The molecule has 0 heterocycles. The van der Waals surface area contributed by atoms with E-state index in [0.717, 1.165) is 0 Å². The van der Waals surface area contributed by atoms with E-state index in [-0.39, 0.29) is 18.6 Å². The van der Waals surface area contributed by atoms with E-state index in [1.165, 1.54) is 32.1 Å². The first-order valence-electron chi connectivity index (χ1n) is 8.17. The molecule has 0 aromatic carbocycles. The smallest absolute Gasteiger partial charge is 0.315 e. The highest BCUT2D eigenvalue weighted by Gasteiger charge is 2.23. The normalized spacial score (nSPS) is 19.0. The van der Waals surface area contributed by atoms with Crippen LogP contribution in [0.1, 0.15) is 59.3 Å². The number of carbonyl (C=O) groups is 2. The number of urea groups is 1. The lowest BCUT2D eigenvalue weighted by Crippen LogP contribution is -2.46. The summed E-state index contributed by atoms with van der Waals surface area (Å²) in [5.41, 5.74) is 0. The van der Waals surface area contributed by atoms with Gasteiger partial charge in [0, 0.05) is 12.6 Å². The third-order valence-electron chi connectivity index (χ3n) is 4.33. The highest BCUT2D eigenvalue weighted by atomic mass is 16.4. The monoisotopic (exact) mass is 298 g/mol. The molecule has 0 radical (unpaired) electrons. The van der Waals surface area contributed by atoms with Gasteiger partial charge in [0.25, 0.3) is 0 Å². The van der Waals surface area contributed by atoms with Crippen LogP contribution in [0, 0.1) is 17.8 Å². The zero-order valence-electron chi connectivity index (χ0n) is 13.5. The Balaban J connectivity index is 2.32. The van der Waals surface area contributed by atoms with Crippen LogP contribution in [-0.2, 0) is 4.79 Å². The van der Waals surface area contributed by atoms with Gasteiger partial charge in [-0.05, 0) is 38.0 Å². The van der Waals surface area contributed by atoms with Gasteiger partial charge in [0.05, 0.1) is 5.92 Å². The van der Waals surface area contributed by atoms with Gasteiger partial charge >= 0.3 is 12.0 Å². The molecular weight excluding hydrogens is 268 g/mol. The summed E-state index contributed by atoms with van der Waals surface area (Å²) in [6.45, 7) is 6.21. The minimum Gasteiger partial charge on any atom is -0.481 e. The Bertz CT molecular complexity index is 338. The molecule has 5 nitrogen and oxygen atoms in total. The molecule has 122 valence electrons. The van der Waals surface area contributed by atoms with Gasteiger partial charge in [-0.3, -0.25) is 4.79 Å². The third-order valence-corrected chi connectivity index (χ3v) is 4.33. The molecular formula is C16H30N2O3. The van der Waals surface area contributed by atoms with Crippen LogP contribution >= 0.6 is 0 Å². The lowest BCUT2D eigenvalue weighted by Gasteiger charge is -2.28. The van der Waals surface area contributed by atoms with Crippen molar-refractivity contribution in [2.24, 2.45) is 17.8 Å². The average molecular weight is 298 g/mol. The van der Waals surface area contributed by atoms with E-state index in [9.17, 15) is 9.59 Å². The van der Waals surface area contributed by atoms with Crippen molar-refractivity contribution < 1.29 is 14.7 Å². The molecule has 5 heteroatoms. The maximum absolute atomic E-state index is 11.9. The maximum Gasteiger partial charge on any atom is 0.315 e. The third kappa shape index (κ3) is 6.82. The van der Waals surface area contributed by atoms with Crippen LogP contribution < -0.4 is 10.6 Å². The highest BCUT2D eigenvalue weighted by Crippen LogP contribution is 2.26. The molecule has 3 N–H and O–H groups in total. The van der Waals surface area contributed by atoms with E-state index in [1.807, 2.05) is 20.8 Å². The van der Waals surface area contributed by atoms with Crippen molar-refractivity contribution in [1.29, 1.82) is 0 Å². The predicted molar refractivity (Wildman–Crippen MR) is 83.2 cm³/mol. The van der Waals surface area contributed by atoms with Gasteiger partial charge in [0.1, 0.15) is 0 Å². The van der Waals surface area contributed by atoms with Gasteiger partial charge in [-0.1, -0.05) is 33.1 Å². The van der Waals surface area contributed by atoms with Crippen molar-refractivity contribution >= 4 is 12.0 Å². The molecule has 1 rings (SSSR count). The lowest BCUT2D eigenvalue weighted by molar-refractivity contribution is -0.142. The van der Waals surface area contributed by atoms with Crippen LogP contribution in [0.3, 0.4) is 0 Å². The number of amides is 2. The molecule has 2 atom stereocenters. The van der Waals surface area contributed by atoms with Gasteiger partial charge in [-0.2, -0.15) is 0 Å². The van der Waals surface area contributed by atoms with Crippen molar-refractivity contribution in [3.63, 3.8) is 0 Å². The highest BCUT2D eigenvalue weighted by molar-refractivity contribution is 5.76. The van der Waals surface area contributed by atoms with E-state index < -0.39 is 11.9 Å². The summed E-state index contributed by atoms with van der Waals surface area (Å²) in [7, 11) is 0. The molecule has 0 spiro atoms. The second kappa shape index (κ2) is 8.90. The Morgan fingerprint density at radius 3 is 2.29 bits per heavy atom. The number of carboxylic acid groups (broad SMARTS) is 1. The first-order valence-corrected chi connectivity index (χ1v) is 8.17. The van der Waals surface area contributed by atoms with Crippen molar-refractivity contribution in [2.45, 2.75) is 65.3 Å². The summed E-state index contributed by atoms with van der Waals surface area (Å²) >= 11 is 0. The van der Waals surface area contributed by atoms with Gasteiger partial charge in [-0.25, -0.2) is 4.79 Å². The number of hydrogen-bond donors (Lipinski definition) is 3. The molecule has 2 unspecified atom stereocenters. The Labute approximate surface area is 127 Å². The van der Waals surface area contributed by atoms with Crippen LogP contribution in [0.2, 0.25) is 0 Å². The largest absolute Gasteiger partial charge is 0.481 e. The van der Waals surface area contributed by atoms with Gasteiger partial charge < -0.3 is 15.7 Å². The summed E-state index contributed by atoms with van der Waals surface area (Å²) in [6.07, 6.45) is 6.71. The van der Waals surface area contributed by atoms with Crippen LogP contribution in [-0.4, -0.2) is 29.7 Å². The van der Waals surface area contributed by atoms with Crippen molar-refractivity contribution in [3.8, 4) is 0 Å². The molecule has 0 aromatic rings. The summed E-state index contributed by atoms with van der Waals surface area (Å²) in [4.78, 5) is 23.0. The summed E-state index contributed by atoms with van der Waals surface area (Å²) in [5, 5.41) is 14.8. The SMILES string of the molecule is CC(C)CC(CNC(=O)NC(C)C1CCCCC1)C(=O)O.